The van der Waals surface area contributed by atoms with E-state index in [-0.39, 0.29) is 10.8 Å². The van der Waals surface area contributed by atoms with Gasteiger partial charge in [-0.15, -0.1) is 0 Å². The van der Waals surface area contributed by atoms with Crippen molar-refractivity contribution in [1.82, 2.24) is 4.98 Å². The summed E-state index contributed by atoms with van der Waals surface area (Å²) in [5.41, 5.74) is 5.16. The Morgan fingerprint density at radius 3 is 2.54 bits per heavy atom. The number of aromatic nitrogens is 1. The average molecular weight is 436 g/mol. The first-order valence-corrected chi connectivity index (χ1v) is 9.14. The molecule has 0 bridgehead atoms. The average Bonchev–Trinajstić information content (AvgIpc) is 2.57. The number of nitro groups is 1. The van der Waals surface area contributed by atoms with Crippen LogP contribution in [-0.4, -0.2) is 21.2 Å². The van der Waals surface area contributed by atoms with Gasteiger partial charge >= 0.3 is 33.3 Å². The second kappa shape index (κ2) is 11.7. The third kappa shape index (κ3) is 8.19. The minimum atomic E-state index is -0.462. The zero-order chi connectivity index (χ0) is 17.8. The van der Waals surface area contributed by atoms with Crippen LogP contribution in [0.2, 0.25) is 0 Å². The second-order valence-electron chi connectivity index (χ2n) is 3.89. The van der Waals surface area contributed by atoms with Gasteiger partial charge in [-0.2, -0.15) is 0 Å². The van der Waals surface area contributed by atoms with Gasteiger partial charge in [-0.25, -0.2) is 0 Å². The first-order valence-electron chi connectivity index (χ1n) is 6.10. The molecule has 0 aliphatic carbocycles. The quantitative estimate of drug-likeness (QED) is 0.151. The van der Waals surface area contributed by atoms with E-state index in [2.05, 4.69) is 53.2 Å². The monoisotopic (exact) mass is 434 g/mol. The number of rotatable bonds is 4. The Bertz CT molecular complexity index is 689. The maximum absolute atomic E-state index is 10.5. The van der Waals surface area contributed by atoms with E-state index in [0.717, 1.165) is 13.1 Å². The molecule has 131 valence electrons. The molecule has 11 heteroatoms. The van der Waals surface area contributed by atoms with Crippen LogP contribution < -0.4 is 5.32 Å². The molecule has 2 rings (SSSR count). The number of anilines is 1. The van der Waals surface area contributed by atoms with Gasteiger partial charge in [0.05, 0.1) is 10.6 Å². The number of nitrogens with zero attached hydrogens (tertiary/aromatic N) is 4. The fourth-order valence-electron chi connectivity index (χ4n) is 1.42. The molecule has 0 saturated heterocycles. The molecule has 1 aromatic heterocycles. The number of benzene rings is 1. The molecule has 0 unspecified atom stereocenters. The molecular formula is C13H11Cl2CuN5O2S. The molecule has 24 heavy (non-hydrogen) atoms. The fourth-order valence-corrected chi connectivity index (χ4v) is 1.60. The molecule has 1 aromatic carbocycles. The number of hydrogen-bond donors (Lipinski definition) is 1. The summed E-state index contributed by atoms with van der Waals surface area (Å²) in [6.45, 7) is 0. The third-order valence-corrected chi connectivity index (χ3v) is 2.57. The second-order valence-corrected chi connectivity index (χ2v) is 5.87. The Labute approximate surface area is 158 Å². The van der Waals surface area contributed by atoms with Crippen molar-refractivity contribution in [2.45, 2.75) is 0 Å². The van der Waals surface area contributed by atoms with Crippen LogP contribution >= 0.6 is 20.2 Å². The standard InChI is InChI=1S/C13H11N5O2S.2ClH.Cu/c19-18(20)12-6-4-10(5-7-12)16-13(21)17-15-9-11-3-1-2-8-14-11;;;/h1-9H,(H2,14,16,17,21);2*1H;/q;;;+2/p-2. The van der Waals surface area contributed by atoms with Gasteiger partial charge in [-0.05, 0) is 24.3 Å². The number of pyridine rings is 1. The van der Waals surface area contributed by atoms with Crippen molar-refractivity contribution in [3.05, 3.63) is 69.9 Å². The van der Waals surface area contributed by atoms with Crippen LogP contribution in [0.25, 0.3) is 5.43 Å². The van der Waals surface area contributed by atoms with Gasteiger partial charge in [-0.3, -0.25) is 15.1 Å². The number of non-ortho nitro benzene ring substituents is 1. The van der Waals surface area contributed by atoms with Crippen molar-refractivity contribution in [2.24, 2.45) is 5.10 Å². The van der Waals surface area contributed by atoms with Gasteiger partial charge < -0.3 is 15.8 Å². The SMILES string of the molecule is O=[N+]([O-])c1ccc(NC(=[SH+])[N-]N=Cc2ccccn2)cc1.[Cl][Cu][Cl]. The van der Waals surface area contributed by atoms with Crippen molar-refractivity contribution in [3.8, 4) is 0 Å². The first kappa shape index (κ1) is 20.3. The van der Waals surface area contributed by atoms with Crippen molar-refractivity contribution in [3.63, 3.8) is 0 Å². The van der Waals surface area contributed by atoms with E-state index < -0.39 is 4.92 Å². The molecular weight excluding hydrogens is 425 g/mol. The molecule has 0 aliphatic rings. The van der Waals surface area contributed by atoms with Crippen LogP contribution in [0.15, 0.2) is 53.8 Å². The van der Waals surface area contributed by atoms with Crippen LogP contribution in [0.3, 0.4) is 0 Å². The summed E-state index contributed by atoms with van der Waals surface area (Å²) in [5, 5.41) is 17.5. The number of hydrogen-bond acceptors (Lipinski definition) is 4. The van der Waals surface area contributed by atoms with E-state index in [9.17, 15) is 10.1 Å². The first-order chi connectivity index (χ1) is 11.6. The third-order valence-electron chi connectivity index (χ3n) is 2.36. The minimum absolute atomic E-state index is 0.0198. The fraction of sp³-hybridized carbons (Fsp3) is 0. The molecule has 0 fully saturated rings. The summed E-state index contributed by atoms with van der Waals surface area (Å²) in [7, 11) is 9.34. The van der Waals surface area contributed by atoms with Crippen molar-refractivity contribution >= 4 is 55.1 Å². The van der Waals surface area contributed by atoms with E-state index in [0.29, 0.717) is 11.4 Å². The van der Waals surface area contributed by atoms with Gasteiger partial charge in [0.1, 0.15) is 0 Å². The molecule has 1 heterocycles. The Morgan fingerprint density at radius 1 is 1.33 bits per heavy atom. The van der Waals surface area contributed by atoms with E-state index in [1.54, 1.807) is 30.5 Å². The number of nitrogens with one attached hydrogen (secondary N) is 1. The Morgan fingerprint density at radius 2 is 2.00 bits per heavy atom. The number of nitro benzene ring substituents is 1. The predicted octanol–water partition coefficient (Wildman–Crippen LogP) is 3.55. The van der Waals surface area contributed by atoms with E-state index in [4.69, 9.17) is 0 Å². The van der Waals surface area contributed by atoms with Crippen molar-refractivity contribution in [2.75, 3.05) is 5.32 Å². The molecule has 0 radical (unpaired) electrons. The zero-order valence-corrected chi connectivity index (χ0v) is 15.2. The molecule has 7 nitrogen and oxygen atoms in total. The molecule has 0 amide bonds. The predicted molar refractivity (Wildman–Crippen MR) is 97.4 cm³/mol. The Balaban J connectivity index is 0.000000891. The topological polar surface area (TPSA) is 94.5 Å². The summed E-state index contributed by atoms with van der Waals surface area (Å²) in [4.78, 5) is 14.1. The van der Waals surface area contributed by atoms with Gasteiger partial charge in [-0.1, -0.05) is 6.07 Å². The molecule has 1 N–H and O–H groups in total. The summed E-state index contributed by atoms with van der Waals surface area (Å²) < 4.78 is 0. The molecule has 0 spiro atoms. The van der Waals surface area contributed by atoms with E-state index in [1.165, 1.54) is 18.3 Å². The maximum atomic E-state index is 10.5. The van der Waals surface area contributed by atoms with Crippen LogP contribution in [0.4, 0.5) is 11.4 Å². The van der Waals surface area contributed by atoms with Crippen LogP contribution in [0, 0.1) is 10.1 Å². The normalized spacial score (nSPS) is 9.92. The summed E-state index contributed by atoms with van der Waals surface area (Å²) in [6.07, 6.45) is 3.15. The van der Waals surface area contributed by atoms with Crippen molar-refractivity contribution in [1.29, 1.82) is 0 Å². The molecule has 2 aromatic rings. The zero-order valence-electron chi connectivity index (χ0n) is 11.8. The summed E-state index contributed by atoms with van der Waals surface area (Å²) in [6, 6.07) is 11.3. The summed E-state index contributed by atoms with van der Waals surface area (Å²) in [5.74, 6) is 0. The molecule has 0 atom stereocenters. The van der Waals surface area contributed by atoms with E-state index >= 15 is 0 Å². The number of thiol groups is 1. The van der Waals surface area contributed by atoms with Gasteiger partial charge in [0.25, 0.3) is 5.69 Å². The van der Waals surface area contributed by atoms with E-state index in [1.807, 2.05) is 6.07 Å². The van der Waals surface area contributed by atoms with Crippen LogP contribution in [0.5, 0.6) is 0 Å². The van der Waals surface area contributed by atoms with Gasteiger partial charge in [0.2, 0.25) is 5.11 Å². The van der Waals surface area contributed by atoms with Gasteiger partial charge in [0, 0.05) is 30.2 Å². The Hall–Kier alpha value is -1.77. The molecule has 0 saturated carbocycles. The summed E-state index contributed by atoms with van der Waals surface area (Å²) >= 11 is 4.88. The Kier molecular flexibility index (Phi) is 9.90. The number of halogens is 2. The van der Waals surface area contributed by atoms with Crippen LogP contribution in [-0.2, 0) is 25.4 Å². The van der Waals surface area contributed by atoms with Crippen molar-refractivity contribution < 1.29 is 18.1 Å². The molecule has 0 aliphatic heterocycles. The van der Waals surface area contributed by atoms with Crippen LogP contribution in [0.1, 0.15) is 5.69 Å². The van der Waals surface area contributed by atoms with Gasteiger partial charge in [0.15, 0.2) is 12.2 Å².